The SMILES string of the molecule is CCn1ncc(NC(=O)c2c([N+](=O)[O-])cnn2C)c1C(=O)N(C)C. The molecule has 0 aromatic carbocycles. The number of hydrogen-bond donors (Lipinski definition) is 1. The van der Waals surface area contributed by atoms with Gasteiger partial charge < -0.3 is 10.2 Å². The third kappa shape index (κ3) is 2.95. The number of anilines is 1. The van der Waals surface area contributed by atoms with E-state index in [0.29, 0.717) is 6.54 Å². The smallest absolute Gasteiger partial charge is 0.320 e. The Kier molecular flexibility index (Phi) is 4.62. The van der Waals surface area contributed by atoms with Crippen LogP contribution in [0.4, 0.5) is 11.4 Å². The molecule has 0 spiro atoms. The molecule has 0 aliphatic carbocycles. The lowest BCUT2D eigenvalue weighted by Crippen LogP contribution is -2.27. The maximum Gasteiger partial charge on any atom is 0.320 e. The molecule has 2 amide bonds. The van der Waals surface area contributed by atoms with Gasteiger partial charge in [-0.1, -0.05) is 0 Å². The molecule has 2 aromatic heterocycles. The Bertz CT molecular complexity index is 805. The monoisotopic (exact) mass is 335 g/mol. The van der Waals surface area contributed by atoms with Crippen LogP contribution in [-0.2, 0) is 13.6 Å². The van der Waals surface area contributed by atoms with Gasteiger partial charge in [-0.15, -0.1) is 0 Å². The third-order valence-electron chi connectivity index (χ3n) is 3.33. The summed E-state index contributed by atoms with van der Waals surface area (Å²) in [5.41, 5.74) is -0.261. The molecule has 2 aromatic rings. The van der Waals surface area contributed by atoms with Crippen LogP contribution in [0.15, 0.2) is 12.4 Å². The van der Waals surface area contributed by atoms with Crippen molar-refractivity contribution in [3.63, 3.8) is 0 Å². The van der Waals surface area contributed by atoms with Crippen LogP contribution in [0.5, 0.6) is 0 Å². The molecule has 1 N–H and O–H groups in total. The van der Waals surface area contributed by atoms with Crippen LogP contribution < -0.4 is 5.32 Å². The van der Waals surface area contributed by atoms with E-state index in [9.17, 15) is 19.7 Å². The van der Waals surface area contributed by atoms with Gasteiger partial charge >= 0.3 is 5.69 Å². The maximum absolute atomic E-state index is 12.4. The third-order valence-corrected chi connectivity index (χ3v) is 3.33. The van der Waals surface area contributed by atoms with Crippen molar-refractivity contribution in [3.8, 4) is 0 Å². The van der Waals surface area contributed by atoms with Crippen LogP contribution in [0.1, 0.15) is 27.9 Å². The Labute approximate surface area is 137 Å². The van der Waals surface area contributed by atoms with Crippen molar-refractivity contribution in [2.45, 2.75) is 13.5 Å². The fourth-order valence-electron chi connectivity index (χ4n) is 2.16. The number of nitrogens with one attached hydrogen (secondary N) is 1. The van der Waals surface area contributed by atoms with Crippen LogP contribution >= 0.6 is 0 Å². The molecule has 11 heteroatoms. The largest absolute Gasteiger partial charge is 0.343 e. The summed E-state index contributed by atoms with van der Waals surface area (Å²) in [6.45, 7) is 2.23. The van der Waals surface area contributed by atoms with Gasteiger partial charge in [-0.3, -0.25) is 29.1 Å². The van der Waals surface area contributed by atoms with E-state index < -0.39 is 16.5 Å². The maximum atomic E-state index is 12.4. The highest BCUT2D eigenvalue weighted by Crippen LogP contribution is 2.21. The first-order chi connectivity index (χ1) is 11.3. The van der Waals surface area contributed by atoms with Crippen molar-refractivity contribution >= 4 is 23.2 Å². The molecule has 24 heavy (non-hydrogen) atoms. The number of aromatic nitrogens is 4. The zero-order valence-corrected chi connectivity index (χ0v) is 13.7. The first-order valence-corrected chi connectivity index (χ1v) is 7.03. The Morgan fingerprint density at radius 1 is 1.29 bits per heavy atom. The Morgan fingerprint density at radius 2 is 1.96 bits per heavy atom. The van der Waals surface area contributed by atoms with Gasteiger partial charge in [0, 0.05) is 27.7 Å². The molecular weight excluding hydrogens is 318 g/mol. The molecule has 0 unspecified atom stereocenters. The summed E-state index contributed by atoms with van der Waals surface area (Å²) in [5.74, 6) is -1.09. The zero-order valence-electron chi connectivity index (χ0n) is 13.7. The van der Waals surface area contributed by atoms with Gasteiger partial charge in [0.15, 0.2) is 0 Å². The summed E-state index contributed by atoms with van der Waals surface area (Å²) in [5, 5.41) is 21.3. The minimum absolute atomic E-state index is 0.177. The van der Waals surface area contributed by atoms with E-state index in [4.69, 9.17) is 0 Å². The van der Waals surface area contributed by atoms with Gasteiger partial charge in [0.1, 0.15) is 11.9 Å². The highest BCUT2D eigenvalue weighted by molar-refractivity contribution is 6.09. The molecule has 0 aliphatic rings. The molecule has 0 bridgehead atoms. The molecule has 0 saturated carbocycles. The fourth-order valence-corrected chi connectivity index (χ4v) is 2.16. The van der Waals surface area contributed by atoms with Crippen LogP contribution in [0.3, 0.4) is 0 Å². The summed E-state index contributed by atoms with van der Waals surface area (Å²) >= 11 is 0. The van der Waals surface area contributed by atoms with E-state index >= 15 is 0 Å². The predicted molar refractivity (Wildman–Crippen MR) is 83.7 cm³/mol. The summed E-state index contributed by atoms with van der Waals surface area (Å²) in [4.78, 5) is 36.4. The molecule has 0 fully saturated rings. The predicted octanol–water partition coefficient (Wildman–Crippen LogP) is 0.499. The first-order valence-electron chi connectivity index (χ1n) is 7.03. The van der Waals surface area contributed by atoms with Crippen LogP contribution in [0, 0.1) is 10.1 Å². The standard InChI is InChI=1S/C13H17N7O4/c1-5-19-10(13(22)17(2)3)8(6-15-19)16-12(21)11-9(20(23)24)7-14-18(11)4/h6-7H,5H2,1-4H3,(H,16,21). The molecule has 0 saturated heterocycles. The average Bonchev–Trinajstić information content (AvgIpc) is 3.09. The van der Waals surface area contributed by atoms with E-state index in [1.165, 1.54) is 22.8 Å². The van der Waals surface area contributed by atoms with Gasteiger partial charge in [-0.2, -0.15) is 10.2 Å². The van der Waals surface area contributed by atoms with Crippen LogP contribution in [0.2, 0.25) is 0 Å². The van der Waals surface area contributed by atoms with Crippen LogP contribution in [0.25, 0.3) is 0 Å². The summed E-state index contributed by atoms with van der Waals surface area (Å²) in [6.07, 6.45) is 2.33. The molecule has 0 atom stereocenters. The van der Waals surface area contributed by atoms with Gasteiger partial charge in [-0.05, 0) is 6.92 Å². The quantitative estimate of drug-likeness (QED) is 0.626. The number of hydrogen-bond acceptors (Lipinski definition) is 6. The summed E-state index contributed by atoms with van der Waals surface area (Å²) in [7, 11) is 4.57. The molecular formula is C13H17N7O4. The molecule has 0 aliphatic heterocycles. The van der Waals surface area contributed by atoms with Crippen LogP contribution in [-0.4, -0.2) is 55.3 Å². The van der Waals surface area contributed by atoms with Gasteiger partial charge in [0.25, 0.3) is 11.8 Å². The first kappa shape index (κ1) is 17.1. The second-order valence-electron chi connectivity index (χ2n) is 5.14. The van der Waals surface area contributed by atoms with Gasteiger partial charge in [0.2, 0.25) is 5.69 Å². The fraction of sp³-hybridized carbons (Fsp3) is 0.385. The highest BCUT2D eigenvalue weighted by atomic mass is 16.6. The Balaban J connectivity index is 2.41. The molecule has 128 valence electrons. The van der Waals surface area contributed by atoms with E-state index in [1.54, 1.807) is 21.0 Å². The highest BCUT2D eigenvalue weighted by Gasteiger charge is 2.28. The van der Waals surface area contributed by atoms with E-state index in [-0.39, 0.29) is 23.0 Å². The second kappa shape index (κ2) is 6.48. The topological polar surface area (TPSA) is 128 Å². The second-order valence-corrected chi connectivity index (χ2v) is 5.14. The molecule has 0 radical (unpaired) electrons. The Morgan fingerprint density at radius 3 is 2.50 bits per heavy atom. The lowest BCUT2D eigenvalue weighted by Gasteiger charge is -2.13. The van der Waals surface area contributed by atoms with Crippen molar-refractivity contribution in [1.82, 2.24) is 24.5 Å². The van der Waals surface area contributed by atoms with E-state index in [2.05, 4.69) is 15.5 Å². The van der Waals surface area contributed by atoms with Crippen molar-refractivity contribution in [1.29, 1.82) is 0 Å². The average molecular weight is 335 g/mol. The lowest BCUT2D eigenvalue weighted by molar-refractivity contribution is -0.385. The normalized spacial score (nSPS) is 10.5. The van der Waals surface area contributed by atoms with Crippen molar-refractivity contribution in [2.75, 3.05) is 19.4 Å². The number of rotatable bonds is 5. The molecule has 2 rings (SSSR count). The number of carbonyl (C=O) groups excluding carboxylic acids is 2. The number of carbonyl (C=O) groups is 2. The molecule has 2 heterocycles. The Hall–Kier alpha value is -3.24. The van der Waals surface area contributed by atoms with Crippen molar-refractivity contribution in [3.05, 3.63) is 33.9 Å². The number of nitro groups is 1. The zero-order chi connectivity index (χ0) is 18.0. The summed E-state index contributed by atoms with van der Waals surface area (Å²) < 4.78 is 2.54. The number of nitrogens with zero attached hydrogens (tertiary/aromatic N) is 6. The number of amides is 2. The van der Waals surface area contributed by atoms with Gasteiger partial charge in [0.05, 0.1) is 16.8 Å². The molecule has 11 nitrogen and oxygen atoms in total. The van der Waals surface area contributed by atoms with Gasteiger partial charge in [-0.25, -0.2) is 0 Å². The minimum atomic E-state index is -0.745. The van der Waals surface area contributed by atoms with E-state index in [1.807, 2.05) is 0 Å². The van der Waals surface area contributed by atoms with Crippen molar-refractivity contribution < 1.29 is 14.5 Å². The lowest BCUT2D eigenvalue weighted by atomic mass is 10.3. The van der Waals surface area contributed by atoms with Crippen molar-refractivity contribution in [2.24, 2.45) is 7.05 Å². The number of aryl methyl sites for hydroxylation is 2. The van der Waals surface area contributed by atoms with E-state index in [0.717, 1.165) is 10.9 Å². The minimum Gasteiger partial charge on any atom is -0.343 e. The summed E-state index contributed by atoms with van der Waals surface area (Å²) in [6, 6.07) is 0.